The van der Waals surface area contributed by atoms with Gasteiger partial charge in [-0.2, -0.15) is 0 Å². The molecule has 1 aromatic heterocycles. The lowest BCUT2D eigenvalue weighted by molar-refractivity contribution is -0.115. The second kappa shape index (κ2) is 7.27. The summed E-state index contributed by atoms with van der Waals surface area (Å²) in [6.45, 7) is 4.09. The number of nitrogens with one attached hydrogen (secondary N) is 2. The van der Waals surface area contributed by atoms with Gasteiger partial charge in [-0.25, -0.2) is 4.98 Å². The second-order valence-corrected chi connectivity index (χ2v) is 6.52. The first-order valence-electron chi connectivity index (χ1n) is 7.74. The maximum absolute atomic E-state index is 12.2. The maximum Gasteiger partial charge on any atom is 0.230 e. The van der Waals surface area contributed by atoms with Crippen LogP contribution in [0.3, 0.4) is 0 Å². The minimum Gasteiger partial charge on any atom is -0.332 e. The van der Waals surface area contributed by atoms with E-state index in [1.54, 1.807) is 0 Å². The molecular formula is C19H19N3OS. The van der Waals surface area contributed by atoms with Gasteiger partial charge >= 0.3 is 0 Å². The van der Waals surface area contributed by atoms with E-state index in [0.29, 0.717) is 0 Å². The molecule has 0 radical (unpaired) electrons. The third kappa shape index (κ3) is 4.20. The van der Waals surface area contributed by atoms with E-state index < -0.39 is 0 Å². The van der Waals surface area contributed by atoms with Crippen LogP contribution in [0, 0.1) is 13.8 Å². The molecule has 5 heteroatoms. The molecule has 0 saturated carbocycles. The minimum absolute atomic E-state index is 0.0604. The molecule has 2 aromatic carbocycles. The summed E-state index contributed by atoms with van der Waals surface area (Å²) in [4.78, 5) is 16.6. The van der Waals surface area contributed by atoms with Gasteiger partial charge < -0.3 is 10.6 Å². The summed E-state index contributed by atoms with van der Waals surface area (Å²) in [7, 11) is 0. The summed E-state index contributed by atoms with van der Waals surface area (Å²) in [6, 6.07) is 15.8. The van der Waals surface area contributed by atoms with Crippen molar-refractivity contribution in [2.75, 3.05) is 10.6 Å². The number of benzene rings is 2. The first kappa shape index (κ1) is 16.2. The monoisotopic (exact) mass is 337 g/mol. The Morgan fingerprint density at radius 3 is 2.58 bits per heavy atom. The van der Waals surface area contributed by atoms with Gasteiger partial charge in [0.1, 0.15) is 0 Å². The van der Waals surface area contributed by atoms with Gasteiger partial charge in [0.15, 0.2) is 5.13 Å². The number of aromatic nitrogens is 1. The molecule has 0 aliphatic heterocycles. The number of thiazole rings is 1. The van der Waals surface area contributed by atoms with Crippen LogP contribution in [0.15, 0.2) is 53.9 Å². The molecule has 3 rings (SSSR count). The molecule has 0 aliphatic carbocycles. The molecule has 122 valence electrons. The van der Waals surface area contributed by atoms with Crippen LogP contribution in [0.2, 0.25) is 0 Å². The fourth-order valence-electron chi connectivity index (χ4n) is 2.28. The Balaban J connectivity index is 1.59. The van der Waals surface area contributed by atoms with Gasteiger partial charge in [0.25, 0.3) is 0 Å². The number of para-hydroxylation sites is 1. The van der Waals surface area contributed by atoms with Gasteiger partial charge in [-0.1, -0.05) is 24.3 Å². The predicted octanol–water partition coefficient (Wildman–Crippen LogP) is 4.68. The molecular weight excluding hydrogens is 318 g/mol. The van der Waals surface area contributed by atoms with Gasteiger partial charge in [0, 0.05) is 16.8 Å². The molecule has 2 N–H and O–H groups in total. The van der Waals surface area contributed by atoms with Crippen molar-refractivity contribution < 1.29 is 4.79 Å². The quantitative estimate of drug-likeness (QED) is 0.710. The van der Waals surface area contributed by atoms with Crippen molar-refractivity contribution in [1.29, 1.82) is 0 Å². The number of carbonyl (C=O) groups is 1. The fraction of sp³-hybridized carbons (Fsp3) is 0.158. The molecule has 0 aliphatic rings. The highest BCUT2D eigenvalue weighted by molar-refractivity contribution is 7.13. The van der Waals surface area contributed by atoms with E-state index >= 15 is 0 Å². The van der Waals surface area contributed by atoms with E-state index in [4.69, 9.17) is 0 Å². The Labute approximate surface area is 145 Å². The maximum atomic E-state index is 12.2. The smallest absolute Gasteiger partial charge is 0.230 e. The summed E-state index contributed by atoms with van der Waals surface area (Å²) < 4.78 is 0. The fourth-order valence-corrected chi connectivity index (χ4v) is 3.01. The molecule has 1 heterocycles. The van der Waals surface area contributed by atoms with Crippen LogP contribution >= 0.6 is 11.3 Å². The zero-order valence-electron chi connectivity index (χ0n) is 13.7. The van der Waals surface area contributed by atoms with E-state index in [2.05, 4.69) is 22.5 Å². The average Bonchev–Trinajstić information content (AvgIpc) is 2.99. The molecule has 1 amide bonds. The Morgan fingerprint density at radius 1 is 1.04 bits per heavy atom. The minimum atomic E-state index is -0.0604. The summed E-state index contributed by atoms with van der Waals surface area (Å²) in [5.74, 6) is -0.0604. The lowest BCUT2D eigenvalue weighted by Gasteiger charge is -2.07. The largest absolute Gasteiger partial charge is 0.332 e. The normalized spacial score (nSPS) is 10.4. The van der Waals surface area contributed by atoms with Gasteiger partial charge in [-0.15, -0.1) is 11.3 Å². The van der Waals surface area contributed by atoms with Crippen molar-refractivity contribution >= 4 is 33.8 Å². The molecule has 3 aromatic rings. The number of carbonyl (C=O) groups excluding carboxylic acids is 1. The standard InChI is InChI=1S/C19H19N3OS/c1-13-8-9-16(10-14(13)2)20-18(23)11-17-12-24-19(22-17)21-15-6-4-3-5-7-15/h3-10,12H,11H2,1-2H3,(H,20,23)(H,21,22). The van der Waals surface area contributed by atoms with Crippen LogP contribution in [0.1, 0.15) is 16.8 Å². The highest BCUT2D eigenvalue weighted by Gasteiger charge is 2.09. The van der Waals surface area contributed by atoms with Crippen LogP contribution in [0.25, 0.3) is 0 Å². The number of nitrogens with zero attached hydrogens (tertiary/aromatic N) is 1. The van der Waals surface area contributed by atoms with E-state index in [9.17, 15) is 4.79 Å². The third-order valence-electron chi connectivity index (χ3n) is 3.71. The Morgan fingerprint density at radius 2 is 1.83 bits per heavy atom. The number of amides is 1. The zero-order valence-corrected chi connectivity index (χ0v) is 14.5. The first-order chi connectivity index (χ1) is 11.6. The van der Waals surface area contributed by atoms with E-state index in [1.165, 1.54) is 16.9 Å². The van der Waals surface area contributed by atoms with Crippen molar-refractivity contribution in [3.05, 3.63) is 70.7 Å². The Hall–Kier alpha value is -2.66. The van der Waals surface area contributed by atoms with E-state index in [1.807, 2.05) is 60.8 Å². The SMILES string of the molecule is Cc1ccc(NC(=O)Cc2csc(Nc3ccccc3)n2)cc1C. The van der Waals surface area contributed by atoms with Gasteiger partial charge in [-0.3, -0.25) is 4.79 Å². The van der Waals surface area contributed by atoms with Crippen molar-refractivity contribution in [3.8, 4) is 0 Å². The van der Waals surface area contributed by atoms with Crippen molar-refractivity contribution in [1.82, 2.24) is 4.98 Å². The highest BCUT2D eigenvalue weighted by atomic mass is 32.1. The number of aryl methyl sites for hydroxylation is 2. The molecule has 0 atom stereocenters. The summed E-state index contributed by atoms with van der Waals surface area (Å²) in [5.41, 5.74) is 4.94. The van der Waals surface area contributed by atoms with Crippen LogP contribution in [0.5, 0.6) is 0 Å². The number of anilines is 3. The molecule has 0 bridgehead atoms. The first-order valence-corrected chi connectivity index (χ1v) is 8.62. The molecule has 4 nitrogen and oxygen atoms in total. The summed E-state index contributed by atoms with van der Waals surface area (Å²) in [6.07, 6.45) is 0.264. The molecule has 0 fully saturated rings. The Kier molecular flexibility index (Phi) is 4.91. The van der Waals surface area contributed by atoms with E-state index in [0.717, 1.165) is 27.8 Å². The molecule has 24 heavy (non-hydrogen) atoms. The number of hydrogen-bond acceptors (Lipinski definition) is 4. The lowest BCUT2D eigenvalue weighted by atomic mass is 10.1. The molecule has 0 spiro atoms. The van der Waals surface area contributed by atoms with Crippen molar-refractivity contribution in [3.63, 3.8) is 0 Å². The number of rotatable bonds is 5. The van der Waals surface area contributed by atoms with Gasteiger partial charge in [0.05, 0.1) is 12.1 Å². The van der Waals surface area contributed by atoms with Crippen molar-refractivity contribution in [2.45, 2.75) is 20.3 Å². The number of hydrogen-bond donors (Lipinski definition) is 2. The summed E-state index contributed by atoms with van der Waals surface area (Å²) in [5, 5.41) is 8.85. The van der Waals surface area contributed by atoms with Gasteiger partial charge in [-0.05, 0) is 49.2 Å². The Bertz CT molecular complexity index is 843. The van der Waals surface area contributed by atoms with E-state index in [-0.39, 0.29) is 12.3 Å². The summed E-state index contributed by atoms with van der Waals surface area (Å²) >= 11 is 1.49. The second-order valence-electron chi connectivity index (χ2n) is 5.66. The van der Waals surface area contributed by atoms with Crippen LogP contribution < -0.4 is 10.6 Å². The highest BCUT2D eigenvalue weighted by Crippen LogP contribution is 2.21. The topological polar surface area (TPSA) is 54.0 Å². The molecule has 0 unspecified atom stereocenters. The van der Waals surface area contributed by atoms with Gasteiger partial charge in [0.2, 0.25) is 5.91 Å². The van der Waals surface area contributed by atoms with Crippen molar-refractivity contribution in [2.24, 2.45) is 0 Å². The lowest BCUT2D eigenvalue weighted by Crippen LogP contribution is -2.14. The van der Waals surface area contributed by atoms with Crippen LogP contribution in [-0.2, 0) is 11.2 Å². The molecule has 0 saturated heterocycles. The van der Waals surface area contributed by atoms with Crippen LogP contribution in [-0.4, -0.2) is 10.9 Å². The predicted molar refractivity (Wildman–Crippen MR) is 100 cm³/mol. The average molecular weight is 337 g/mol. The zero-order chi connectivity index (χ0) is 16.9. The van der Waals surface area contributed by atoms with Crippen LogP contribution in [0.4, 0.5) is 16.5 Å². The third-order valence-corrected chi connectivity index (χ3v) is 4.52.